The lowest BCUT2D eigenvalue weighted by atomic mass is 10.1. The summed E-state index contributed by atoms with van der Waals surface area (Å²) >= 11 is 0. The summed E-state index contributed by atoms with van der Waals surface area (Å²) in [6, 6.07) is 9.58. The van der Waals surface area contributed by atoms with E-state index in [4.69, 9.17) is 9.15 Å². The first kappa shape index (κ1) is 19.5. The van der Waals surface area contributed by atoms with Crippen molar-refractivity contribution in [2.75, 3.05) is 7.11 Å². The van der Waals surface area contributed by atoms with Gasteiger partial charge in [0.25, 0.3) is 0 Å². The van der Waals surface area contributed by atoms with Gasteiger partial charge in [-0.1, -0.05) is 11.6 Å². The van der Waals surface area contributed by atoms with Gasteiger partial charge in [-0.15, -0.1) is 0 Å². The van der Waals surface area contributed by atoms with Gasteiger partial charge in [0.2, 0.25) is 0 Å². The molecule has 0 unspecified atom stereocenters. The summed E-state index contributed by atoms with van der Waals surface area (Å²) < 4.78 is 53.9. The third-order valence-electron chi connectivity index (χ3n) is 3.98. The largest absolute Gasteiger partial charge is 0.489 e. The van der Waals surface area contributed by atoms with Crippen molar-refractivity contribution in [3.05, 3.63) is 75.1 Å². The predicted molar refractivity (Wildman–Crippen MR) is 94.3 cm³/mol. The SMILES string of the molecule is COC(=O)c1cc2ccc(OCc3cc(C)cc(C(F)(F)F)c3)cc2oc1=O. The van der Waals surface area contributed by atoms with Crippen LogP contribution in [0, 0.1) is 6.92 Å². The molecule has 0 aliphatic heterocycles. The highest BCUT2D eigenvalue weighted by atomic mass is 19.4. The zero-order chi connectivity index (χ0) is 20.5. The molecule has 0 aliphatic rings. The van der Waals surface area contributed by atoms with E-state index in [1.165, 1.54) is 12.1 Å². The zero-order valence-electron chi connectivity index (χ0n) is 14.9. The van der Waals surface area contributed by atoms with Gasteiger partial charge in [-0.3, -0.25) is 0 Å². The van der Waals surface area contributed by atoms with Gasteiger partial charge < -0.3 is 13.9 Å². The number of benzene rings is 2. The average molecular weight is 392 g/mol. The lowest BCUT2D eigenvalue weighted by Gasteiger charge is -2.12. The number of hydrogen-bond acceptors (Lipinski definition) is 5. The number of hydrogen-bond donors (Lipinski definition) is 0. The Balaban J connectivity index is 1.85. The number of alkyl halides is 3. The molecule has 0 N–H and O–H groups in total. The summed E-state index contributed by atoms with van der Waals surface area (Å²) in [4.78, 5) is 23.4. The third kappa shape index (κ3) is 4.16. The Bertz CT molecular complexity index is 1100. The van der Waals surface area contributed by atoms with Crippen LogP contribution in [-0.2, 0) is 17.5 Å². The predicted octanol–water partition coefficient (Wildman–Crippen LogP) is 4.49. The number of carbonyl (C=O) groups is 1. The van der Waals surface area contributed by atoms with Gasteiger partial charge in [0.1, 0.15) is 23.5 Å². The molecule has 146 valence electrons. The van der Waals surface area contributed by atoms with Gasteiger partial charge in [0, 0.05) is 11.5 Å². The Kier molecular flexibility index (Phi) is 5.13. The van der Waals surface area contributed by atoms with E-state index in [1.54, 1.807) is 25.1 Å². The second-order valence-corrected chi connectivity index (χ2v) is 6.13. The van der Waals surface area contributed by atoms with E-state index in [2.05, 4.69) is 4.74 Å². The summed E-state index contributed by atoms with van der Waals surface area (Å²) in [5.41, 5.74) is -0.836. The molecule has 0 amide bonds. The first-order valence-corrected chi connectivity index (χ1v) is 8.14. The van der Waals surface area contributed by atoms with Gasteiger partial charge in [0.05, 0.1) is 12.7 Å². The molecule has 0 spiro atoms. The van der Waals surface area contributed by atoms with Crippen molar-refractivity contribution in [3.63, 3.8) is 0 Å². The fraction of sp³-hybridized carbons (Fsp3) is 0.200. The summed E-state index contributed by atoms with van der Waals surface area (Å²) in [5.74, 6) is -0.507. The van der Waals surface area contributed by atoms with Gasteiger partial charge >= 0.3 is 17.8 Å². The van der Waals surface area contributed by atoms with Crippen LogP contribution in [0.15, 0.2) is 51.7 Å². The molecule has 0 bridgehead atoms. The summed E-state index contributed by atoms with van der Waals surface area (Å²) in [6.07, 6.45) is -4.44. The van der Waals surface area contributed by atoms with Gasteiger partial charge in [-0.25, -0.2) is 9.59 Å². The minimum absolute atomic E-state index is 0.0965. The average Bonchev–Trinajstić information content (AvgIpc) is 2.64. The summed E-state index contributed by atoms with van der Waals surface area (Å²) in [5, 5.41) is 0.474. The van der Waals surface area contributed by atoms with E-state index in [1.807, 2.05) is 0 Å². The maximum absolute atomic E-state index is 12.9. The van der Waals surface area contributed by atoms with E-state index >= 15 is 0 Å². The van der Waals surface area contributed by atoms with Gasteiger partial charge in [0.15, 0.2) is 0 Å². The molecule has 8 heteroatoms. The van der Waals surface area contributed by atoms with Crippen molar-refractivity contribution in [3.8, 4) is 5.75 Å². The molecule has 3 aromatic rings. The standard InChI is InChI=1S/C20H15F3O5/c1-11-5-12(7-14(6-11)20(21,22)23)10-27-15-4-3-13-8-16(18(24)26-2)19(25)28-17(13)9-15/h3-9H,10H2,1-2H3. The number of fused-ring (bicyclic) bond motifs is 1. The maximum atomic E-state index is 12.9. The summed E-state index contributed by atoms with van der Waals surface area (Å²) in [6.45, 7) is 1.48. The molecule has 0 fully saturated rings. The number of halogens is 3. The van der Waals surface area contributed by atoms with Crippen molar-refractivity contribution in [1.29, 1.82) is 0 Å². The van der Waals surface area contributed by atoms with Crippen LogP contribution in [0.1, 0.15) is 27.0 Å². The molecule has 5 nitrogen and oxygen atoms in total. The number of esters is 1. The van der Waals surface area contributed by atoms with Crippen LogP contribution >= 0.6 is 0 Å². The van der Waals surface area contributed by atoms with Crippen molar-refractivity contribution in [2.45, 2.75) is 19.7 Å². The summed E-state index contributed by atoms with van der Waals surface area (Å²) in [7, 11) is 1.15. The Morgan fingerprint density at radius 2 is 1.86 bits per heavy atom. The molecule has 1 heterocycles. The minimum atomic E-state index is -4.44. The second kappa shape index (κ2) is 7.38. The van der Waals surface area contributed by atoms with E-state index < -0.39 is 23.3 Å². The normalized spacial score (nSPS) is 11.5. The first-order chi connectivity index (χ1) is 13.2. The Labute approximate surface area is 157 Å². The lowest BCUT2D eigenvalue weighted by Crippen LogP contribution is -2.14. The van der Waals surface area contributed by atoms with Crippen molar-refractivity contribution in [1.82, 2.24) is 0 Å². The molecule has 0 aliphatic carbocycles. The van der Waals surface area contributed by atoms with E-state index in [9.17, 15) is 22.8 Å². The minimum Gasteiger partial charge on any atom is -0.489 e. The quantitative estimate of drug-likeness (QED) is 0.484. The topological polar surface area (TPSA) is 65.7 Å². The van der Waals surface area contributed by atoms with E-state index in [-0.39, 0.29) is 17.8 Å². The number of aryl methyl sites for hydroxylation is 1. The first-order valence-electron chi connectivity index (χ1n) is 8.14. The lowest BCUT2D eigenvalue weighted by molar-refractivity contribution is -0.137. The number of methoxy groups -OCH3 is 1. The highest BCUT2D eigenvalue weighted by Crippen LogP contribution is 2.31. The van der Waals surface area contributed by atoms with Crippen LogP contribution < -0.4 is 10.4 Å². The molecular formula is C20H15F3O5. The van der Waals surface area contributed by atoms with Crippen LogP contribution in [0.25, 0.3) is 11.0 Å². The van der Waals surface area contributed by atoms with Crippen LogP contribution in [0.5, 0.6) is 5.75 Å². The van der Waals surface area contributed by atoms with Crippen LogP contribution in [0.3, 0.4) is 0 Å². The second-order valence-electron chi connectivity index (χ2n) is 6.13. The number of rotatable bonds is 4. The molecule has 0 saturated heterocycles. The Morgan fingerprint density at radius 1 is 1.11 bits per heavy atom. The van der Waals surface area contributed by atoms with Crippen LogP contribution in [0.2, 0.25) is 0 Å². The number of carbonyl (C=O) groups excluding carboxylic acids is 1. The molecule has 28 heavy (non-hydrogen) atoms. The van der Waals surface area contributed by atoms with Crippen molar-refractivity contribution >= 4 is 16.9 Å². The monoisotopic (exact) mass is 392 g/mol. The Morgan fingerprint density at radius 3 is 2.54 bits per heavy atom. The highest BCUT2D eigenvalue weighted by molar-refractivity contribution is 5.92. The maximum Gasteiger partial charge on any atom is 0.416 e. The smallest absolute Gasteiger partial charge is 0.416 e. The molecule has 3 rings (SSSR count). The molecule has 1 aromatic heterocycles. The zero-order valence-corrected chi connectivity index (χ0v) is 14.9. The van der Waals surface area contributed by atoms with Crippen LogP contribution in [-0.4, -0.2) is 13.1 Å². The highest BCUT2D eigenvalue weighted by Gasteiger charge is 2.30. The van der Waals surface area contributed by atoms with Gasteiger partial charge in [-0.05, 0) is 42.8 Å². The van der Waals surface area contributed by atoms with Gasteiger partial charge in [-0.2, -0.15) is 13.2 Å². The molecule has 0 radical (unpaired) electrons. The van der Waals surface area contributed by atoms with Crippen molar-refractivity contribution in [2.24, 2.45) is 0 Å². The van der Waals surface area contributed by atoms with E-state index in [0.29, 0.717) is 22.3 Å². The van der Waals surface area contributed by atoms with E-state index in [0.717, 1.165) is 19.2 Å². The third-order valence-corrected chi connectivity index (χ3v) is 3.98. The molecular weight excluding hydrogens is 377 g/mol. The van der Waals surface area contributed by atoms with Crippen molar-refractivity contribution < 1.29 is 31.9 Å². The molecule has 0 saturated carbocycles. The molecule has 0 atom stereocenters. The number of ether oxygens (including phenoxy) is 2. The fourth-order valence-corrected chi connectivity index (χ4v) is 2.71. The fourth-order valence-electron chi connectivity index (χ4n) is 2.71. The molecule has 2 aromatic carbocycles. The Hall–Kier alpha value is -3.29. The van der Waals surface area contributed by atoms with Crippen LogP contribution in [0.4, 0.5) is 13.2 Å².